The van der Waals surface area contributed by atoms with Gasteiger partial charge in [0.15, 0.2) is 5.78 Å². The highest BCUT2D eigenvalue weighted by Crippen LogP contribution is 2.33. The highest BCUT2D eigenvalue weighted by atomic mass is 16.4. The minimum atomic E-state index is -1.03. The number of carbonyl (C=O) groups excluding carboxylic acids is 1. The second-order valence-corrected chi connectivity index (χ2v) is 7.12. The number of unbranched alkanes of at least 4 members (excludes halogenated alkanes) is 3. The number of aromatic hydroxyl groups is 1. The Morgan fingerprint density at radius 1 is 0.897 bits per heavy atom. The van der Waals surface area contributed by atoms with Crippen molar-refractivity contribution in [1.82, 2.24) is 0 Å². The van der Waals surface area contributed by atoms with Gasteiger partial charge in [0.2, 0.25) is 0 Å². The fourth-order valence-electron chi connectivity index (χ4n) is 3.71. The van der Waals surface area contributed by atoms with Crippen molar-refractivity contribution in [2.24, 2.45) is 0 Å². The Balaban J connectivity index is 2.69. The summed E-state index contributed by atoms with van der Waals surface area (Å²) in [6.07, 6.45) is 4.47. The molecule has 0 aliphatic heterocycles. The SMILES string of the molecule is CCCCCCc1c(C(=O)O)ccc(N(CC)CC)c1C(=O)c1ccccc1O. The summed E-state index contributed by atoms with van der Waals surface area (Å²) < 4.78 is 0. The van der Waals surface area contributed by atoms with E-state index in [1.54, 1.807) is 30.3 Å². The van der Waals surface area contributed by atoms with Crippen molar-refractivity contribution in [3.8, 4) is 5.75 Å². The van der Waals surface area contributed by atoms with Crippen LogP contribution in [0.25, 0.3) is 0 Å². The Bertz CT molecular complexity index is 856. The topological polar surface area (TPSA) is 77.8 Å². The highest BCUT2D eigenvalue weighted by Gasteiger charge is 2.26. The predicted octanol–water partition coefficient (Wildman–Crippen LogP) is 5.29. The summed E-state index contributed by atoms with van der Waals surface area (Å²) in [5, 5.41) is 20.0. The fourth-order valence-corrected chi connectivity index (χ4v) is 3.71. The second kappa shape index (κ2) is 10.6. The number of aromatic carboxylic acids is 1. The number of rotatable bonds is 11. The lowest BCUT2D eigenvalue weighted by Gasteiger charge is -2.26. The molecule has 0 amide bonds. The van der Waals surface area contributed by atoms with Crippen molar-refractivity contribution in [2.75, 3.05) is 18.0 Å². The van der Waals surface area contributed by atoms with Gasteiger partial charge >= 0.3 is 5.97 Å². The van der Waals surface area contributed by atoms with Gasteiger partial charge in [0, 0.05) is 18.8 Å². The Morgan fingerprint density at radius 3 is 2.17 bits per heavy atom. The van der Waals surface area contributed by atoms with Crippen molar-refractivity contribution >= 4 is 17.4 Å². The summed E-state index contributed by atoms with van der Waals surface area (Å²) in [4.78, 5) is 27.5. The molecule has 2 aromatic rings. The highest BCUT2D eigenvalue weighted by molar-refractivity contribution is 6.16. The van der Waals surface area contributed by atoms with E-state index in [1.165, 1.54) is 6.07 Å². The van der Waals surface area contributed by atoms with Crippen LogP contribution in [0.5, 0.6) is 5.75 Å². The summed E-state index contributed by atoms with van der Waals surface area (Å²) in [6, 6.07) is 9.75. The van der Waals surface area contributed by atoms with Crippen LogP contribution in [0.15, 0.2) is 36.4 Å². The molecule has 0 unspecified atom stereocenters. The third-order valence-electron chi connectivity index (χ3n) is 5.28. The number of para-hydroxylation sites is 1. The molecular weight excluding hydrogens is 366 g/mol. The molecule has 29 heavy (non-hydrogen) atoms. The molecule has 0 atom stereocenters. The van der Waals surface area contributed by atoms with Crippen molar-refractivity contribution in [3.05, 3.63) is 58.7 Å². The van der Waals surface area contributed by atoms with E-state index >= 15 is 0 Å². The van der Waals surface area contributed by atoms with Crippen molar-refractivity contribution in [1.29, 1.82) is 0 Å². The molecule has 0 spiro atoms. The molecule has 0 aliphatic carbocycles. The minimum Gasteiger partial charge on any atom is -0.507 e. The standard InChI is InChI=1S/C24H31NO4/c1-4-7-8-9-12-17-18(24(28)29)15-16-20(25(5-2)6-3)22(17)23(27)19-13-10-11-14-21(19)26/h10-11,13-16,26H,4-9,12H2,1-3H3,(H,28,29). The van der Waals surface area contributed by atoms with Crippen LogP contribution < -0.4 is 4.90 Å². The number of hydrogen-bond donors (Lipinski definition) is 2. The van der Waals surface area contributed by atoms with Gasteiger partial charge in [-0.15, -0.1) is 0 Å². The van der Waals surface area contributed by atoms with E-state index in [1.807, 2.05) is 18.7 Å². The molecule has 5 heteroatoms. The van der Waals surface area contributed by atoms with E-state index in [2.05, 4.69) is 6.92 Å². The van der Waals surface area contributed by atoms with E-state index < -0.39 is 5.97 Å². The molecule has 0 heterocycles. The van der Waals surface area contributed by atoms with Crippen LogP contribution in [0.3, 0.4) is 0 Å². The van der Waals surface area contributed by atoms with Crippen molar-refractivity contribution in [3.63, 3.8) is 0 Å². The lowest BCUT2D eigenvalue weighted by atomic mass is 9.89. The third-order valence-corrected chi connectivity index (χ3v) is 5.28. The summed E-state index contributed by atoms with van der Waals surface area (Å²) in [5.41, 5.74) is 2.03. The van der Waals surface area contributed by atoms with Crippen LogP contribution in [0.1, 0.15) is 78.3 Å². The fraction of sp³-hybridized carbons (Fsp3) is 0.417. The molecule has 156 valence electrons. The zero-order valence-electron chi connectivity index (χ0n) is 17.6. The van der Waals surface area contributed by atoms with Gasteiger partial charge in [-0.2, -0.15) is 0 Å². The summed E-state index contributed by atoms with van der Waals surface area (Å²) in [6.45, 7) is 7.52. The zero-order valence-corrected chi connectivity index (χ0v) is 17.6. The number of carboxylic acids is 1. The average Bonchev–Trinajstić information content (AvgIpc) is 2.71. The molecule has 0 saturated heterocycles. The number of phenolic OH excluding ortho intramolecular Hbond substituents is 1. The van der Waals surface area contributed by atoms with Gasteiger partial charge in [-0.1, -0.05) is 38.3 Å². The van der Waals surface area contributed by atoms with E-state index in [0.717, 1.165) is 31.4 Å². The van der Waals surface area contributed by atoms with Gasteiger partial charge in [0.05, 0.1) is 16.7 Å². The number of ketones is 1. The summed E-state index contributed by atoms with van der Waals surface area (Å²) in [7, 11) is 0. The van der Waals surface area contributed by atoms with Crippen molar-refractivity contribution in [2.45, 2.75) is 52.9 Å². The van der Waals surface area contributed by atoms with Gasteiger partial charge in [-0.3, -0.25) is 4.79 Å². The maximum atomic E-state index is 13.5. The predicted molar refractivity (Wildman–Crippen MR) is 116 cm³/mol. The van der Waals surface area contributed by atoms with Gasteiger partial charge in [-0.05, 0) is 56.5 Å². The van der Waals surface area contributed by atoms with E-state index in [9.17, 15) is 19.8 Å². The van der Waals surface area contributed by atoms with Crippen LogP contribution in [-0.2, 0) is 6.42 Å². The Morgan fingerprint density at radius 2 is 1.59 bits per heavy atom. The summed E-state index contributed by atoms with van der Waals surface area (Å²) >= 11 is 0. The van der Waals surface area contributed by atoms with Gasteiger partial charge in [0.1, 0.15) is 5.75 Å². The Kier molecular flexibility index (Phi) is 8.25. The number of nitrogens with zero attached hydrogens (tertiary/aromatic N) is 1. The van der Waals surface area contributed by atoms with Gasteiger partial charge in [-0.25, -0.2) is 4.79 Å². The Labute approximate surface area is 173 Å². The molecule has 0 radical (unpaired) electrons. The molecular formula is C24H31NO4. The molecule has 0 aliphatic rings. The molecule has 2 N–H and O–H groups in total. The number of carboxylic acid groups (broad SMARTS) is 1. The quantitative estimate of drug-likeness (QED) is 0.398. The zero-order chi connectivity index (χ0) is 21.4. The third kappa shape index (κ3) is 5.17. The maximum absolute atomic E-state index is 13.5. The van der Waals surface area contributed by atoms with Crippen LogP contribution >= 0.6 is 0 Å². The number of benzene rings is 2. The first-order valence-corrected chi connectivity index (χ1v) is 10.4. The van der Waals surface area contributed by atoms with Crippen LogP contribution in [0.2, 0.25) is 0 Å². The summed E-state index contributed by atoms with van der Waals surface area (Å²) in [5.74, 6) is -1.47. The molecule has 0 bridgehead atoms. The smallest absolute Gasteiger partial charge is 0.335 e. The number of hydrogen-bond acceptors (Lipinski definition) is 4. The lowest BCUT2D eigenvalue weighted by molar-refractivity contribution is 0.0695. The van der Waals surface area contributed by atoms with Gasteiger partial charge in [0.25, 0.3) is 0 Å². The molecule has 5 nitrogen and oxygen atoms in total. The maximum Gasteiger partial charge on any atom is 0.335 e. The number of carbonyl (C=O) groups is 2. The molecule has 0 saturated carbocycles. The molecule has 2 rings (SSSR count). The number of anilines is 1. The Hall–Kier alpha value is -2.82. The van der Waals surface area contributed by atoms with Crippen LogP contribution in [0, 0.1) is 0 Å². The normalized spacial score (nSPS) is 10.7. The van der Waals surface area contributed by atoms with Crippen LogP contribution in [0.4, 0.5) is 5.69 Å². The monoisotopic (exact) mass is 397 g/mol. The molecule has 0 fully saturated rings. The lowest BCUT2D eigenvalue weighted by Crippen LogP contribution is -2.26. The number of phenols is 1. The molecule has 0 aromatic heterocycles. The average molecular weight is 398 g/mol. The minimum absolute atomic E-state index is 0.0966. The van der Waals surface area contributed by atoms with E-state index in [-0.39, 0.29) is 22.7 Å². The first-order valence-electron chi connectivity index (χ1n) is 10.4. The second-order valence-electron chi connectivity index (χ2n) is 7.12. The van der Waals surface area contributed by atoms with Crippen molar-refractivity contribution < 1.29 is 19.8 Å². The van der Waals surface area contributed by atoms with Gasteiger partial charge < -0.3 is 15.1 Å². The first-order chi connectivity index (χ1) is 14.0. The molecule has 2 aromatic carbocycles. The largest absolute Gasteiger partial charge is 0.507 e. The van der Waals surface area contributed by atoms with E-state index in [0.29, 0.717) is 30.6 Å². The first kappa shape index (κ1) is 22.5. The van der Waals surface area contributed by atoms with Crippen LogP contribution in [-0.4, -0.2) is 35.1 Å². The van der Waals surface area contributed by atoms with E-state index in [4.69, 9.17) is 0 Å².